The van der Waals surface area contributed by atoms with E-state index in [2.05, 4.69) is 10.6 Å². The molecule has 0 atom stereocenters. The van der Waals surface area contributed by atoms with Crippen LogP contribution >= 0.6 is 0 Å². The lowest BCUT2D eigenvalue weighted by Gasteiger charge is -2.07. The standard InChI is InChI=1S/C11H18N2O5/c1-7(8(2)11(16)17)10(15)13-6-9(14)12-4-5-18-3/h4-6H2,1-3H3,(H,12,14)(H,13,15)(H,16,17). The molecule has 0 saturated heterocycles. The van der Waals surface area contributed by atoms with Gasteiger partial charge < -0.3 is 20.5 Å². The van der Waals surface area contributed by atoms with E-state index in [1.807, 2.05) is 0 Å². The fourth-order valence-electron chi connectivity index (χ4n) is 0.979. The van der Waals surface area contributed by atoms with Crippen LogP contribution in [-0.4, -0.2) is 49.7 Å². The lowest BCUT2D eigenvalue weighted by atomic mass is 10.1. The number of carboxylic acid groups (broad SMARTS) is 1. The number of rotatable bonds is 7. The molecule has 18 heavy (non-hydrogen) atoms. The highest BCUT2D eigenvalue weighted by molar-refractivity contribution is 6.02. The number of carbonyl (C=O) groups excluding carboxylic acids is 2. The Balaban J connectivity index is 4.15. The van der Waals surface area contributed by atoms with Crippen molar-refractivity contribution in [3.63, 3.8) is 0 Å². The van der Waals surface area contributed by atoms with Gasteiger partial charge in [0, 0.05) is 24.8 Å². The molecule has 102 valence electrons. The van der Waals surface area contributed by atoms with Crippen molar-refractivity contribution in [2.24, 2.45) is 0 Å². The maximum atomic E-state index is 11.5. The molecule has 0 aromatic heterocycles. The van der Waals surface area contributed by atoms with Crippen LogP contribution in [0.5, 0.6) is 0 Å². The molecule has 7 nitrogen and oxygen atoms in total. The van der Waals surface area contributed by atoms with Gasteiger partial charge in [-0.05, 0) is 13.8 Å². The molecular weight excluding hydrogens is 240 g/mol. The normalized spacial score (nSPS) is 11.5. The summed E-state index contributed by atoms with van der Waals surface area (Å²) in [5, 5.41) is 13.5. The minimum Gasteiger partial charge on any atom is -0.478 e. The number of hydrogen-bond donors (Lipinski definition) is 3. The Bertz CT molecular complexity index is 362. The number of ether oxygens (including phenoxy) is 1. The second kappa shape index (κ2) is 8.24. The number of amides is 2. The quantitative estimate of drug-likeness (QED) is 0.413. The Morgan fingerprint density at radius 2 is 1.72 bits per heavy atom. The Kier molecular flexibility index (Phi) is 7.37. The van der Waals surface area contributed by atoms with Gasteiger partial charge >= 0.3 is 5.97 Å². The molecule has 3 N–H and O–H groups in total. The molecule has 0 aliphatic rings. The number of hydrogen-bond acceptors (Lipinski definition) is 4. The number of nitrogens with one attached hydrogen (secondary N) is 2. The van der Waals surface area contributed by atoms with Gasteiger partial charge in [-0.3, -0.25) is 9.59 Å². The average Bonchev–Trinajstić information content (AvgIpc) is 2.34. The highest BCUT2D eigenvalue weighted by Gasteiger charge is 2.13. The number of aliphatic carboxylic acids is 1. The van der Waals surface area contributed by atoms with Crippen LogP contribution in [0.15, 0.2) is 11.1 Å². The largest absolute Gasteiger partial charge is 0.478 e. The first kappa shape index (κ1) is 16.1. The van der Waals surface area contributed by atoms with Crippen molar-refractivity contribution < 1.29 is 24.2 Å². The van der Waals surface area contributed by atoms with Crippen molar-refractivity contribution in [1.82, 2.24) is 10.6 Å². The second-order valence-electron chi connectivity index (χ2n) is 3.58. The minimum atomic E-state index is -1.16. The molecule has 0 fully saturated rings. The fraction of sp³-hybridized carbons (Fsp3) is 0.545. The van der Waals surface area contributed by atoms with E-state index >= 15 is 0 Å². The van der Waals surface area contributed by atoms with E-state index in [1.165, 1.54) is 21.0 Å². The van der Waals surface area contributed by atoms with Crippen LogP contribution in [0.25, 0.3) is 0 Å². The molecular formula is C11H18N2O5. The molecule has 0 rings (SSSR count). The van der Waals surface area contributed by atoms with Gasteiger partial charge in [0.25, 0.3) is 0 Å². The summed E-state index contributed by atoms with van der Waals surface area (Å²) >= 11 is 0. The smallest absolute Gasteiger partial charge is 0.331 e. The van der Waals surface area contributed by atoms with Gasteiger partial charge in [-0.15, -0.1) is 0 Å². The zero-order chi connectivity index (χ0) is 14.1. The van der Waals surface area contributed by atoms with Crippen molar-refractivity contribution in [1.29, 1.82) is 0 Å². The van der Waals surface area contributed by atoms with Gasteiger partial charge in [0.2, 0.25) is 11.8 Å². The summed E-state index contributed by atoms with van der Waals surface area (Å²) < 4.78 is 4.74. The van der Waals surface area contributed by atoms with Crippen LogP contribution in [0.1, 0.15) is 13.8 Å². The lowest BCUT2D eigenvalue weighted by Crippen LogP contribution is -2.38. The lowest BCUT2D eigenvalue weighted by molar-refractivity contribution is -0.133. The molecule has 0 aliphatic carbocycles. The van der Waals surface area contributed by atoms with Gasteiger partial charge in [0.1, 0.15) is 0 Å². The summed E-state index contributed by atoms with van der Waals surface area (Å²) in [5.74, 6) is -2.09. The van der Waals surface area contributed by atoms with Crippen LogP contribution in [0.3, 0.4) is 0 Å². The third-order valence-corrected chi connectivity index (χ3v) is 2.26. The Morgan fingerprint density at radius 3 is 2.22 bits per heavy atom. The van der Waals surface area contributed by atoms with E-state index in [4.69, 9.17) is 9.84 Å². The topological polar surface area (TPSA) is 105 Å². The highest BCUT2D eigenvalue weighted by atomic mass is 16.5. The van der Waals surface area contributed by atoms with Gasteiger partial charge in [-0.1, -0.05) is 0 Å². The predicted molar refractivity (Wildman–Crippen MR) is 63.9 cm³/mol. The van der Waals surface area contributed by atoms with Crippen molar-refractivity contribution in [3.05, 3.63) is 11.1 Å². The molecule has 0 saturated carbocycles. The van der Waals surface area contributed by atoms with Crippen LogP contribution in [0, 0.1) is 0 Å². The average molecular weight is 258 g/mol. The summed E-state index contributed by atoms with van der Waals surface area (Å²) in [6, 6.07) is 0. The fourth-order valence-corrected chi connectivity index (χ4v) is 0.979. The first-order valence-corrected chi connectivity index (χ1v) is 5.34. The zero-order valence-electron chi connectivity index (χ0n) is 10.7. The third-order valence-electron chi connectivity index (χ3n) is 2.26. The molecule has 0 bridgehead atoms. The molecule has 0 aromatic rings. The molecule has 0 heterocycles. The van der Waals surface area contributed by atoms with Crippen LogP contribution in [0.2, 0.25) is 0 Å². The number of carboxylic acids is 1. The summed E-state index contributed by atoms with van der Waals surface area (Å²) in [7, 11) is 1.51. The second-order valence-corrected chi connectivity index (χ2v) is 3.58. The Labute approximate surface area is 105 Å². The molecule has 2 amide bonds. The van der Waals surface area contributed by atoms with E-state index in [0.717, 1.165) is 0 Å². The number of carbonyl (C=O) groups is 3. The van der Waals surface area contributed by atoms with Crippen LogP contribution in [-0.2, 0) is 19.1 Å². The Hall–Kier alpha value is -1.89. The van der Waals surface area contributed by atoms with Gasteiger partial charge in [0.05, 0.1) is 13.2 Å². The zero-order valence-corrected chi connectivity index (χ0v) is 10.7. The highest BCUT2D eigenvalue weighted by Crippen LogP contribution is 2.02. The van der Waals surface area contributed by atoms with Crippen molar-refractivity contribution >= 4 is 17.8 Å². The molecule has 0 unspecified atom stereocenters. The van der Waals surface area contributed by atoms with Crippen LogP contribution < -0.4 is 10.6 Å². The number of methoxy groups -OCH3 is 1. The minimum absolute atomic E-state index is 0.0488. The molecule has 0 aliphatic heterocycles. The third kappa shape index (κ3) is 6.00. The van der Waals surface area contributed by atoms with Gasteiger partial charge in [-0.2, -0.15) is 0 Å². The van der Waals surface area contributed by atoms with Gasteiger partial charge in [-0.25, -0.2) is 4.79 Å². The summed E-state index contributed by atoms with van der Waals surface area (Å²) in [5.41, 5.74) is 0.0273. The SMILES string of the molecule is COCCNC(=O)CNC(=O)C(C)=C(C)C(=O)O. The Morgan fingerprint density at radius 1 is 1.11 bits per heavy atom. The predicted octanol–water partition coefficient (Wildman–Crippen LogP) is -0.714. The summed E-state index contributed by atoms with van der Waals surface area (Å²) in [6.45, 7) is 3.26. The summed E-state index contributed by atoms with van der Waals surface area (Å²) in [6.07, 6.45) is 0. The molecule has 7 heteroatoms. The van der Waals surface area contributed by atoms with E-state index in [0.29, 0.717) is 13.2 Å². The molecule has 0 radical (unpaired) electrons. The maximum Gasteiger partial charge on any atom is 0.331 e. The summed E-state index contributed by atoms with van der Waals surface area (Å²) in [4.78, 5) is 33.3. The van der Waals surface area contributed by atoms with Crippen LogP contribution in [0.4, 0.5) is 0 Å². The van der Waals surface area contributed by atoms with E-state index < -0.39 is 11.9 Å². The monoisotopic (exact) mass is 258 g/mol. The van der Waals surface area contributed by atoms with Crippen molar-refractivity contribution in [2.75, 3.05) is 26.8 Å². The van der Waals surface area contributed by atoms with Crippen molar-refractivity contribution in [3.8, 4) is 0 Å². The van der Waals surface area contributed by atoms with E-state index in [1.54, 1.807) is 0 Å². The molecule has 0 spiro atoms. The first-order valence-electron chi connectivity index (χ1n) is 5.34. The molecule has 0 aromatic carbocycles. The van der Waals surface area contributed by atoms with Gasteiger partial charge in [0.15, 0.2) is 0 Å². The first-order chi connectivity index (χ1) is 8.40. The van der Waals surface area contributed by atoms with Crippen molar-refractivity contribution in [2.45, 2.75) is 13.8 Å². The van der Waals surface area contributed by atoms with E-state index in [9.17, 15) is 14.4 Å². The maximum absolute atomic E-state index is 11.5. The van der Waals surface area contributed by atoms with E-state index in [-0.39, 0.29) is 23.6 Å².